The van der Waals surface area contributed by atoms with Gasteiger partial charge in [0.2, 0.25) is 0 Å². The molecule has 0 saturated heterocycles. The van der Waals surface area contributed by atoms with Crippen molar-refractivity contribution in [3.63, 3.8) is 0 Å². The highest BCUT2D eigenvalue weighted by Crippen LogP contribution is 1.90. The summed E-state index contributed by atoms with van der Waals surface area (Å²) in [5, 5.41) is 8.23. The van der Waals surface area contributed by atoms with Crippen LogP contribution >= 0.6 is 0 Å². The first kappa shape index (κ1) is 7.57. The lowest BCUT2D eigenvalue weighted by Gasteiger charge is -1.78. The van der Waals surface area contributed by atoms with Gasteiger partial charge in [0, 0.05) is 6.21 Å². The first-order chi connectivity index (χ1) is 4.35. The van der Waals surface area contributed by atoms with Gasteiger partial charge in [-0.1, -0.05) is 0 Å². The Balaban J connectivity index is 4.12. The third-order valence-electron chi connectivity index (χ3n) is 0.631. The lowest BCUT2D eigenvalue weighted by molar-refractivity contribution is 1.35. The van der Waals surface area contributed by atoms with Gasteiger partial charge in [-0.05, 0) is 13.6 Å². The molecule has 0 fully saturated rings. The fraction of sp³-hybridized carbons (Fsp3) is 0.167. The lowest BCUT2D eigenvalue weighted by Crippen LogP contribution is -1.67. The topological polar surface area (TPSA) is 48.5 Å². The second kappa shape index (κ2) is 4.72. The molecule has 9 heavy (non-hydrogen) atoms. The molecule has 0 aliphatic heterocycles. The average Bonchev–Trinajstić information content (AvgIpc) is 1.91. The zero-order valence-corrected chi connectivity index (χ0v) is 5.20. The standard InChI is InChI=1S/C6H7N3/c1-3-9-5-6(4-7)8-2/h3,5H,2H2,1H3/b6-5-,9-3?. The normalized spacial score (nSPS) is 11.3. The lowest BCUT2D eigenvalue weighted by atomic mass is 10.5. The molecule has 0 aromatic carbocycles. The average molecular weight is 121 g/mol. The quantitative estimate of drug-likeness (QED) is 0.399. The molecular weight excluding hydrogens is 114 g/mol. The van der Waals surface area contributed by atoms with Gasteiger partial charge in [0.05, 0.1) is 6.20 Å². The highest BCUT2D eigenvalue weighted by molar-refractivity contribution is 5.54. The Kier molecular flexibility index (Phi) is 3.97. The summed E-state index contributed by atoms with van der Waals surface area (Å²) in [5.74, 6) is 0. The maximum atomic E-state index is 8.23. The Labute approximate surface area is 54.1 Å². The van der Waals surface area contributed by atoms with Crippen molar-refractivity contribution >= 4 is 12.9 Å². The van der Waals surface area contributed by atoms with Gasteiger partial charge in [-0.2, -0.15) is 5.26 Å². The first-order valence-electron chi connectivity index (χ1n) is 2.40. The van der Waals surface area contributed by atoms with Crippen LogP contribution in [0, 0.1) is 11.3 Å². The number of nitrogens with zero attached hydrogens (tertiary/aromatic N) is 3. The van der Waals surface area contributed by atoms with Crippen molar-refractivity contribution < 1.29 is 0 Å². The molecule has 0 rings (SSSR count). The fourth-order valence-electron chi connectivity index (χ4n) is 0.250. The van der Waals surface area contributed by atoms with Crippen LogP contribution in [0.4, 0.5) is 0 Å². The van der Waals surface area contributed by atoms with E-state index in [4.69, 9.17) is 5.26 Å². The number of nitriles is 1. The predicted octanol–water partition coefficient (Wildman–Crippen LogP) is 1.14. The SMILES string of the molecule is C=N/C(C#N)=C\N=CC. The molecule has 0 unspecified atom stereocenters. The van der Waals surface area contributed by atoms with E-state index >= 15 is 0 Å². The molecule has 3 nitrogen and oxygen atoms in total. The highest BCUT2D eigenvalue weighted by Gasteiger charge is 1.81. The van der Waals surface area contributed by atoms with Gasteiger partial charge in [-0.3, -0.25) is 9.98 Å². The van der Waals surface area contributed by atoms with Crippen LogP contribution < -0.4 is 0 Å². The Hall–Kier alpha value is -1.43. The second-order valence-corrected chi connectivity index (χ2v) is 1.19. The van der Waals surface area contributed by atoms with Gasteiger partial charge in [-0.15, -0.1) is 0 Å². The third kappa shape index (κ3) is 3.18. The molecule has 0 spiro atoms. The van der Waals surface area contributed by atoms with Crippen molar-refractivity contribution in [1.29, 1.82) is 5.26 Å². The van der Waals surface area contributed by atoms with Crippen molar-refractivity contribution in [1.82, 2.24) is 0 Å². The monoisotopic (exact) mass is 121 g/mol. The smallest absolute Gasteiger partial charge is 0.158 e. The van der Waals surface area contributed by atoms with Crippen LogP contribution in [0.15, 0.2) is 21.9 Å². The maximum absolute atomic E-state index is 8.23. The zero-order chi connectivity index (χ0) is 7.11. The molecule has 0 radical (unpaired) electrons. The van der Waals surface area contributed by atoms with Crippen LogP contribution in [0.3, 0.4) is 0 Å². The Morgan fingerprint density at radius 2 is 2.44 bits per heavy atom. The van der Waals surface area contributed by atoms with E-state index in [1.165, 1.54) is 6.20 Å². The molecule has 0 aliphatic rings. The molecule has 0 bridgehead atoms. The maximum Gasteiger partial charge on any atom is 0.158 e. The van der Waals surface area contributed by atoms with Crippen LogP contribution in [-0.4, -0.2) is 12.9 Å². The van der Waals surface area contributed by atoms with Gasteiger partial charge in [0.1, 0.15) is 6.07 Å². The number of hydrogen-bond acceptors (Lipinski definition) is 3. The largest absolute Gasteiger partial charge is 0.266 e. The van der Waals surface area contributed by atoms with E-state index in [0.717, 1.165) is 0 Å². The summed E-state index contributed by atoms with van der Waals surface area (Å²) in [6, 6.07) is 1.80. The summed E-state index contributed by atoms with van der Waals surface area (Å²) in [5.41, 5.74) is 0.230. The summed E-state index contributed by atoms with van der Waals surface area (Å²) in [6.45, 7) is 4.93. The van der Waals surface area contributed by atoms with Gasteiger partial charge in [0.15, 0.2) is 5.70 Å². The molecule has 0 aromatic heterocycles. The summed E-state index contributed by atoms with van der Waals surface area (Å²) in [6.07, 6.45) is 2.93. The van der Waals surface area contributed by atoms with Crippen molar-refractivity contribution in [2.45, 2.75) is 6.92 Å². The van der Waals surface area contributed by atoms with Crippen molar-refractivity contribution in [2.75, 3.05) is 0 Å². The molecule has 0 N–H and O–H groups in total. The predicted molar refractivity (Wildman–Crippen MR) is 37.4 cm³/mol. The summed E-state index contributed by atoms with van der Waals surface area (Å²) in [4.78, 5) is 7.05. The number of hydrogen-bond donors (Lipinski definition) is 0. The van der Waals surface area contributed by atoms with E-state index in [-0.39, 0.29) is 5.70 Å². The van der Waals surface area contributed by atoms with Crippen LogP contribution in [0.1, 0.15) is 6.92 Å². The molecule has 46 valence electrons. The molecule has 0 aromatic rings. The van der Waals surface area contributed by atoms with Crippen LogP contribution in [-0.2, 0) is 0 Å². The van der Waals surface area contributed by atoms with Gasteiger partial charge < -0.3 is 0 Å². The first-order valence-corrected chi connectivity index (χ1v) is 2.40. The number of allylic oxidation sites excluding steroid dienone is 1. The van der Waals surface area contributed by atoms with Crippen LogP contribution in [0.25, 0.3) is 0 Å². The second-order valence-electron chi connectivity index (χ2n) is 1.19. The Morgan fingerprint density at radius 1 is 1.78 bits per heavy atom. The molecule has 0 heterocycles. The van der Waals surface area contributed by atoms with E-state index in [9.17, 15) is 0 Å². The zero-order valence-electron chi connectivity index (χ0n) is 5.20. The van der Waals surface area contributed by atoms with E-state index < -0.39 is 0 Å². The van der Waals surface area contributed by atoms with Gasteiger partial charge in [0.25, 0.3) is 0 Å². The molecule has 0 saturated carbocycles. The summed E-state index contributed by atoms with van der Waals surface area (Å²) >= 11 is 0. The summed E-state index contributed by atoms with van der Waals surface area (Å²) in [7, 11) is 0. The van der Waals surface area contributed by atoms with Crippen LogP contribution in [0.2, 0.25) is 0 Å². The summed E-state index contributed by atoms with van der Waals surface area (Å²) < 4.78 is 0. The van der Waals surface area contributed by atoms with Gasteiger partial charge in [-0.25, -0.2) is 0 Å². The van der Waals surface area contributed by atoms with Crippen molar-refractivity contribution in [3.05, 3.63) is 11.9 Å². The van der Waals surface area contributed by atoms with E-state index in [0.29, 0.717) is 0 Å². The fourth-order valence-corrected chi connectivity index (χ4v) is 0.250. The van der Waals surface area contributed by atoms with Crippen molar-refractivity contribution in [3.8, 4) is 6.07 Å². The molecule has 3 heteroatoms. The minimum absolute atomic E-state index is 0.230. The highest BCUT2D eigenvalue weighted by atomic mass is 14.8. The minimum atomic E-state index is 0.230. The molecule has 0 aliphatic carbocycles. The molecular formula is C6H7N3. The van der Waals surface area contributed by atoms with Gasteiger partial charge >= 0.3 is 0 Å². The number of aliphatic imine (C=N–C) groups is 2. The Bertz CT molecular complexity index is 183. The third-order valence-corrected chi connectivity index (χ3v) is 0.631. The molecule has 0 amide bonds. The number of rotatable bonds is 2. The van der Waals surface area contributed by atoms with Crippen molar-refractivity contribution in [2.24, 2.45) is 9.98 Å². The van der Waals surface area contributed by atoms with E-state index in [1.54, 1.807) is 19.2 Å². The van der Waals surface area contributed by atoms with E-state index in [2.05, 4.69) is 16.7 Å². The minimum Gasteiger partial charge on any atom is -0.266 e. The Morgan fingerprint density at radius 3 is 2.78 bits per heavy atom. The van der Waals surface area contributed by atoms with E-state index in [1.807, 2.05) is 0 Å². The molecule has 0 atom stereocenters. The van der Waals surface area contributed by atoms with Crippen LogP contribution in [0.5, 0.6) is 0 Å².